The van der Waals surface area contributed by atoms with E-state index in [2.05, 4.69) is 29.6 Å². The van der Waals surface area contributed by atoms with E-state index in [4.69, 9.17) is 4.74 Å². The lowest BCUT2D eigenvalue weighted by atomic mass is 9.95. The van der Waals surface area contributed by atoms with E-state index < -0.39 is 0 Å². The van der Waals surface area contributed by atoms with Gasteiger partial charge in [0.1, 0.15) is 18.0 Å². The maximum absolute atomic E-state index is 12.8. The summed E-state index contributed by atoms with van der Waals surface area (Å²) in [5.74, 6) is 2.36. The van der Waals surface area contributed by atoms with Crippen molar-refractivity contribution in [3.05, 3.63) is 35.4 Å². The van der Waals surface area contributed by atoms with Crippen molar-refractivity contribution in [2.45, 2.75) is 32.2 Å². The lowest BCUT2D eigenvalue weighted by Crippen LogP contribution is -2.39. The number of hydrogen-bond donors (Lipinski definition) is 0. The smallest absolute Gasteiger partial charge is 0.257 e. The lowest BCUT2D eigenvalue weighted by molar-refractivity contribution is 0.0326. The summed E-state index contributed by atoms with van der Waals surface area (Å²) in [6.45, 7) is 7.50. The third kappa shape index (κ3) is 3.90. The summed E-state index contributed by atoms with van der Waals surface area (Å²) in [6, 6.07) is 0. The third-order valence-corrected chi connectivity index (χ3v) is 5.76. The highest BCUT2D eigenvalue weighted by Crippen LogP contribution is 2.28. The summed E-state index contributed by atoms with van der Waals surface area (Å²) in [6.07, 6.45) is 4.86. The minimum absolute atomic E-state index is 0.0162. The van der Waals surface area contributed by atoms with Gasteiger partial charge in [-0.3, -0.25) is 9.69 Å². The average molecular weight is 385 g/mol. The van der Waals surface area contributed by atoms with Crippen LogP contribution >= 0.6 is 0 Å². The lowest BCUT2D eigenvalue weighted by Gasteiger charge is -2.31. The Hall–Kier alpha value is -2.39. The van der Waals surface area contributed by atoms with E-state index in [1.165, 1.54) is 6.33 Å². The molecule has 150 valence electrons. The molecule has 0 bridgehead atoms. The second-order valence-electron chi connectivity index (χ2n) is 7.51. The van der Waals surface area contributed by atoms with E-state index in [0.29, 0.717) is 24.6 Å². The molecule has 2 fully saturated rings. The molecule has 2 aliphatic rings. The molecule has 2 aromatic heterocycles. The molecule has 0 aliphatic carbocycles. The van der Waals surface area contributed by atoms with Crippen LogP contribution in [0.5, 0.6) is 0 Å². The quantitative estimate of drug-likeness (QED) is 0.768. The number of piperidine rings is 1. The number of hydrogen-bond acceptors (Lipinski definition) is 7. The minimum atomic E-state index is 0.0162. The van der Waals surface area contributed by atoms with Crippen LogP contribution in [0.15, 0.2) is 12.5 Å². The molecule has 1 amide bonds. The van der Waals surface area contributed by atoms with Crippen molar-refractivity contribution >= 4 is 5.91 Å². The Morgan fingerprint density at radius 1 is 1.18 bits per heavy atom. The van der Waals surface area contributed by atoms with Crippen LogP contribution in [0.3, 0.4) is 0 Å². The first-order chi connectivity index (χ1) is 13.6. The molecule has 2 aliphatic heterocycles. The predicted molar refractivity (Wildman–Crippen MR) is 102 cm³/mol. The summed E-state index contributed by atoms with van der Waals surface area (Å²) in [5, 5.41) is 8.91. The minimum Gasteiger partial charge on any atom is -0.379 e. The molecule has 9 heteroatoms. The Bertz CT molecular complexity index is 823. The van der Waals surface area contributed by atoms with Gasteiger partial charge >= 0.3 is 0 Å². The van der Waals surface area contributed by atoms with Crippen molar-refractivity contribution < 1.29 is 9.53 Å². The monoisotopic (exact) mass is 385 g/mol. The van der Waals surface area contributed by atoms with E-state index in [1.54, 1.807) is 6.20 Å². The van der Waals surface area contributed by atoms with Gasteiger partial charge in [0.25, 0.3) is 5.91 Å². The Morgan fingerprint density at radius 3 is 2.64 bits per heavy atom. The highest BCUT2D eigenvalue weighted by Gasteiger charge is 2.29. The first-order valence-electron chi connectivity index (χ1n) is 9.87. The molecule has 2 saturated heterocycles. The van der Waals surface area contributed by atoms with Gasteiger partial charge in [-0.2, -0.15) is 0 Å². The fraction of sp³-hybridized carbons (Fsp3) is 0.632. The molecule has 4 heterocycles. The largest absolute Gasteiger partial charge is 0.379 e. The molecule has 0 N–H and O–H groups in total. The van der Waals surface area contributed by atoms with Gasteiger partial charge in [0.15, 0.2) is 0 Å². The van der Waals surface area contributed by atoms with Crippen LogP contribution in [0.4, 0.5) is 0 Å². The van der Waals surface area contributed by atoms with Gasteiger partial charge in [-0.05, 0) is 19.8 Å². The molecule has 0 atom stereocenters. The van der Waals surface area contributed by atoms with Gasteiger partial charge in [0.2, 0.25) is 0 Å². The van der Waals surface area contributed by atoms with Gasteiger partial charge in [0, 0.05) is 45.3 Å². The molecule has 0 saturated carbocycles. The molecule has 28 heavy (non-hydrogen) atoms. The van der Waals surface area contributed by atoms with Crippen LogP contribution in [-0.2, 0) is 18.3 Å². The van der Waals surface area contributed by atoms with E-state index in [9.17, 15) is 4.79 Å². The topological polar surface area (TPSA) is 89.3 Å². The van der Waals surface area contributed by atoms with Gasteiger partial charge < -0.3 is 14.2 Å². The van der Waals surface area contributed by atoms with Crippen molar-refractivity contribution in [2.24, 2.45) is 7.05 Å². The second-order valence-corrected chi connectivity index (χ2v) is 7.51. The zero-order valence-electron chi connectivity index (χ0n) is 16.5. The molecule has 0 spiro atoms. The number of morpholine rings is 1. The fourth-order valence-electron chi connectivity index (χ4n) is 3.94. The van der Waals surface area contributed by atoms with E-state index in [1.807, 2.05) is 18.9 Å². The number of ether oxygens (including phenoxy) is 1. The average Bonchev–Trinajstić information content (AvgIpc) is 3.09. The molecule has 0 aromatic carbocycles. The van der Waals surface area contributed by atoms with Gasteiger partial charge in [-0.15, -0.1) is 10.2 Å². The van der Waals surface area contributed by atoms with Crippen LogP contribution in [0, 0.1) is 6.92 Å². The number of nitrogens with zero attached hydrogens (tertiary/aromatic N) is 7. The number of carbonyl (C=O) groups excluding carboxylic acids is 1. The third-order valence-electron chi connectivity index (χ3n) is 5.76. The molecular weight excluding hydrogens is 358 g/mol. The molecule has 0 unspecified atom stereocenters. The van der Waals surface area contributed by atoms with Crippen LogP contribution < -0.4 is 0 Å². The Morgan fingerprint density at radius 2 is 1.93 bits per heavy atom. The normalized spacial score (nSPS) is 19.1. The van der Waals surface area contributed by atoms with Crippen molar-refractivity contribution in [2.75, 3.05) is 39.4 Å². The second kappa shape index (κ2) is 8.32. The molecule has 2 aromatic rings. The first-order valence-corrected chi connectivity index (χ1v) is 9.87. The predicted octanol–water partition coefficient (Wildman–Crippen LogP) is 0.766. The fourth-order valence-corrected chi connectivity index (χ4v) is 3.94. The number of amides is 1. The Balaban J connectivity index is 1.37. The summed E-state index contributed by atoms with van der Waals surface area (Å²) in [7, 11) is 2.05. The number of aryl methyl sites for hydroxylation is 1. The van der Waals surface area contributed by atoms with E-state index >= 15 is 0 Å². The zero-order chi connectivity index (χ0) is 19.5. The molecule has 0 radical (unpaired) electrons. The van der Waals surface area contributed by atoms with Gasteiger partial charge in [-0.25, -0.2) is 9.97 Å². The van der Waals surface area contributed by atoms with Crippen molar-refractivity contribution in [1.29, 1.82) is 0 Å². The summed E-state index contributed by atoms with van der Waals surface area (Å²) in [4.78, 5) is 25.1. The van der Waals surface area contributed by atoms with Gasteiger partial charge in [0.05, 0.1) is 31.0 Å². The number of carbonyl (C=O) groups is 1. The Labute approximate surface area is 164 Å². The standard InChI is InChI=1S/C19H27N7O2/c1-14-16(11-20-13-21-14)19(27)26-5-3-15(4-6-26)18-23-22-17(24(18)2)12-25-7-9-28-10-8-25/h11,13,15H,3-10,12H2,1-2H3. The molecule has 4 rings (SSSR count). The van der Waals surface area contributed by atoms with Crippen LogP contribution in [-0.4, -0.2) is 79.8 Å². The Kier molecular flexibility index (Phi) is 5.63. The maximum atomic E-state index is 12.8. The van der Waals surface area contributed by atoms with E-state index in [0.717, 1.165) is 63.0 Å². The molecule has 9 nitrogen and oxygen atoms in total. The van der Waals surface area contributed by atoms with E-state index in [-0.39, 0.29) is 5.91 Å². The number of aromatic nitrogens is 5. The molecular formula is C19H27N7O2. The zero-order valence-corrected chi connectivity index (χ0v) is 16.5. The maximum Gasteiger partial charge on any atom is 0.257 e. The van der Waals surface area contributed by atoms with Crippen LogP contribution in [0.25, 0.3) is 0 Å². The van der Waals surface area contributed by atoms with Crippen molar-refractivity contribution in [1.82, 2.24) is 34.5 Å². The summed E-state index contributed by atoms with van der Waals surface area (Å²) < 4.78 is 7.54. The van der Waals surface area contributed by atoms with Crippen LogP contribution in [0.1, 0.15) is 46.5 Å². The highest BCUT2D eigenvalue weighted by atomic mass is 16.5. The SMILES string of the molecule is Cc1ncncc1C(=O)N1CCC(c2nnc(CN3CCOCC3)n2C)CC1. The number of likely N-dealkylation sites (tertiary alicyclic amines) is 1. The first kappa shape index (κ1) is 18.9. The van der Waals surface area contributed by atoms with Crippen LogP contribution in [0.2, 0.25) is 0 Å². The number of rotatable bonds is 4. The van der Waals surface area contributed by atoms with Crippen molar-refractivity contribution in [3.63, 3.8) is 0 Å². The van der Waals surface area contributed by atoms with Gasteiger partial charge in [-0.1, -0.05) is 0 Å². The van der Waals surface area contributed by atoms with Crippen molar-refractivity contribution in [3.8, 4) is 0 Å². The summed E-state index contributed by atoms with van der Waals surface area (Å²) in [5.41, 5.74) is 1.32. The highest BCUT2D eigenvalue weighted by molar-refractivity contribution is 5.94. The summed E-state index contributed by atoms with van der Waals surface area (Å²) >= 11 is 0.